The molecular formula is C25H33NO5. The number of rotatable bonds is 9. The Hall–Kier alpha value is -2.76. The van der Waals surface area contributed by atoms with Gasteiger partial charge < -0.3 is 19.5 Å². The number of carbonyl (C=O) groups is 2. The quantitative estimate of drug-likeness (QED) is 0.451. The average Bonchev–Trinajstić information content (AvgIpc) is 2.76. The average molecular weight is 428 g/mol. The van der Waals surface area contributed by atoms with Crippen molar-refractivity contribution in [3.05, 3.63) is 46.3 Å². The number of nitrogens with one attached hydrogen (secondary N) is 1. The molecule has 1 aliphatic heterocycles. The molecule has 6 nitrogen and oxygen atoms in total. The minimum Gasteiger partial charge on any atom is -0.493 e. The van der Waals surface area contributed by atoms with Gasteiger partial charge in [0.05, 0.1) is 25.9 Å². The third-order valence-corrected chi connectivity index (χ3v) is 5.71. The zero-order valence-corrected chi connectivity index (χ0v) is 19.0. The Kier molecular flexibility index (Phi) is 7.77. The summed E-state index contributed by atoms with van der Waals surface area (Å²) < 4.78 is 16.9. The number of allylic oxidation sites excluding steroid dienone is 3. The Bertz CT molecular complexity index is 899. The first-order valence-electron chi connectivity index (χ1n) is 11.2. The van der Waals surface area contributed by atoms with Crippen molar-refractivity contribution in [2.75, 3.05) is 20.3 Å². The van der Waals surface area contributed by atoms with Crippen molar-refractivity contribution in [2.24, 2.45) is 0 Å². The van der Waals surface area contributed by atoms with Gasteiger partial charge in [-0.3, -0.25) is 4.79 Å². The second-order valence-corrected chi connectivity index (χ2v) is 8.01. The molecule has 1 aliphatic carbocycles. The van der Waals surface area contributed by atoms with Gasteiger partial charge in [0.25, 0.3) is 0 Å². The molecular weight excluding hydrogens is 394 g/mol. The number of Topliss-reactive ketones (excluding diaryl/α,β-unsaturated/α-hetero) is 1. The highest BCUT2D eigenvalue weighted by Gasteiger charge is 2.39. The Balaban J connectivity index is 2.06. The van der Waals surface area contributed by atoms with Crippen LogP contribution in [0.2, 0.25) is 0 Å². The van der Waals surface area contributed by atoms with Gasteiger partial charge in [-0.15, -0.1) is 0 Å². The first-order valence-corrected chi connectivity index (χ1v) is 11.2. The Morgan fingerprint density at radius 1 is 1.13 bits per heavy atom. The van der Waals surface area contributed by atoms with Gasteiger partial charge in [-0.2, -0.15) is 0 Å². The van der Waals surface area contributed by atoms with E-state index in [2.05, 4.69) is 12.2 Å². The van der Waals surface area contributed by atoms with Crippen LogP contribution >= 0.6 is 0 Å². The number of benzene rings is 1. The van der Waals surface area contributed by atoms with Gasteiger partial charge in [0, 0.05) is 29.3 Å². The number of carbonyl (C=O) groups excluding carboxylic acids is 2. The molecule has 1 N–H and O–H groups in total. The number of unbranched alkanes of at least 4 members (excludes halogenated alkanes) is 1. The van der Waals surface area contributed by atoms with Crippen LogP contribution in [-0.2, 0) is 14.3 Å². The zero-order chi connectivity index (χ0) is 22.4. The van der Waals surface area contributed by atoms with Gasteiger partial charge in [-0.25, -0.2) is 4.79 Å². The van der Waals surface area contributed by atoms with Crippen molar-refractivity contribution in [3.63, 3.8) is 0 Å². The first-order chi connectivity index (χ1) is 15.0. The summed E-state index contributed by atoms with van der Waals surface area (Å²) in [4.78, 5) is 26.1. The maximum atomic E-state index is 13.1. The number of hydrogen-bond donors (Lipinski definition) is 1. The van der Waals surface area contributed by atoms with Crippen molar-refractivity contribution < 1.29 is 23.8 Å². The molecule has 0 radical (unpaired) electrons. The molecule has 1 atom stereocenters. The van der Waals surface area contributed by atoms with Crippen LogP contribution in [0.1, 0.15) is 70.8 Å². The number of hydrogen-bond acceptors (Lipinski definition) is 6. The van der Waals surface area contributed by atoms with Crippen LogP contribution in [0.4, 0.5) is 0 Å². The molecule has 31 heavy (non-hydrogen) atoms. The summed E-state index contributed by atoms with van der Waals surface area (Å²) in [7, 11) is 1.60. The summed E-state index contributed by atoms with van der Waals surface area (Å²) >= 11 is 0. The van der Waals surface area contributed by atoms with Crippen molar-refractivity contribution in [1.82, 2.24) is 5.32 Å². The third kappa shape index (κ3) is 4.94. The van der Waals surface area contributed by atoms with Gasteiger partial charge in [0.1, 0.15) is 0 Å². The van der Waals surface area contributed by atoms with E-state index in [-0.39, 0.29) is 11.8 Å². The van der Waals surface area contributed by atoms with E-state index in [1.54, 1.807) is 7.11 Å². The van der Waals surface area contributed by atoms with E-state index in [1.807, 2.05) is 32.0 Å². The second-order valence-electron chi connectivity index (χ2n) is 8.01. The van der Waals surface area contributed by atoms with Gasteiger partial charge in [-0.1, -0.05) is 26.3 Å². The van der Waals surface area contributed by atoms with Gasteiger partial charge >= 0.3 is 5.97 Å². The highest BCUT2D eigenvalue weighted by Crippen LogP contribution is 2.44. The minimum absolute atomic E-state index is 0.0791. The van der Waals surface area contributed by atoms with Crippen LogP contribution in [0.25, 0.3) is 0 Å². The van der Waals surface area contributed by atoms with Gasteiger partial charge in [0.2, 0.25) is 0 Å². The lowest BCUT2D eigenvalue weighted by Crippen LogP contribution is -2.34. The summed E-state index contributed by atoms with van der Waals surface area (Å²) in [6, 6.07) is 5.65. The molecule has 0 fully saturated rings. The Morgan fingerprint density at radius 3 is 2.65 bits per heavy atom. The number of ether oxygens (including phenoxy) is 3. The normalized spacial score (nSPS) is 18.5. The van der Waals surface area contributed by atoms with E-state index >= 15 is 0 Å². The molecule has 0 unspecified atom stereocenters. The van der Waals surface area contributed by atoms with Crippen molar-refractivity contribution in [3.8, 4) is 11.5 Å². The molecule has 0 amide bonds. The van der Waals surface area contributed by atoms with Crippen molar-refractivity contribution >= 4 is 11.8 Å². The predicted molar refractivity (Wildman–Crippen MR) is 119 cm³/mol. The van der Waals surface area contributed by atoms with E-state index in [0.717, 1.165) is 49.1 Å². The van der Waals surface area contributed by atoms with Crippen molar-refractivity contribution in [1.29, 1.82) is 0 Å². The summed E-state index contributed by atoms with van der Waals surface area (Å²) in [5.41, 5.74) is 3.64. The maximum absolute atomic E-state index is 13.1. The fourth-order valence-corrected chi connectivity index (χ4v) is 4.17. The maximum Gasteiger partial charge on any atom is 0.336 e. The van der Waals surface area contributed by atoms with E-state index in [1.165, 1.54) is 0 Å². The number of dihydropyridines is 1. The molecule has 0 aromatic heterocycles. The van der Waals surface area contributed by atoms with E-state index in [4.69, 9.17) is 14.2 Å². The lowest BCUT2D eigenvalue weighted by molar-refractivity contribution is -0.139. The summed E-state index contributed by atoms with van der Waals surface area (Å²) in [6.07, 6.45) is 4.73. The lowest BCUT2D eigenvalue weighted by atomic mass is 9.75. The smallest absolute Gasteiger partial charge is 0.336 e. The van der Waals surface area contributed by atoms with Crippen LogP contribution in [0.3, 0.4) is 0 Å². The molecule has 0 bridgehead atoms. The standard InChI is InChI=1S/C25H33NO5/c1-5-7-14-31-25(28)22-16(3)26-18-9-8-10-19(27)24(18)23(22)17-11-12-20(30-13-6-2)21(15-17)29-4/h11-12,15,23,26H,5-10,13-14H2,1-4H3/t23-/m0/s1. The first kappa shape index (κ1) is 22.9. The van der Waals surface area contributed by atoms with E-state index < -0.39 is 5.92 Å². The molecule has 0 saturated heterocycles. The lowest BCUT2D eigenvalue weighted by Gasteiger charge is -2.34. The van der Waals surface area contributed by atoms with Crippen LogP contribution in [0.5, 0.6) is 11.5 Å². The molecule has 6 heteroatoms. The van der Waals surface area contributed by atoms with Gasteiger partial charge in [-0.05, 0) is 50.3 Å². The molecule has 168 valence electrons. The number of esters is 1. The molecule has 2 aliphatic rings. The third-order valence-electron chi connectivity index (χ3n) is 5.71. The Morgan fingerprint density at radius 2 is 1.94 bits per heavy atom. The Labute approximate surface area is 184 Å². The zero-order valence-electron chi connectivity index (χ0n) is 19.0. The number of methoxy groups -OCH3 is 1. The fraction of sp³-hybridized carbons (Fsp3) is 0.520. The monoisotopic (exact) mass is 427 g/mol. The van der Waals surface area contributed by atoms with Crippen LogP contribution < -0.4 is 14.8 Å². The molecule has 1 heterocycles. The van der Waals surface area contributed by atoms with Crippen LogP contribution in [-0.4, -0.2) is 32.1 Å². The molecule has 0 spiro atoms. The van der Waals surface area contributed by atoms with Gasteiger partial charge in [0.15, 0.2) is 17.3 Å². The van der Waals surface area contributed by atoms with E-state index in [9.17, 15) is 9.59 Å². The molecule has 1 aromatic carbocycles. The molecule has 0 saturated carbocycles. The highest BCUT2D eigenvalue weighted by atomic mass is 16.5. The highest BCUT2D eigenvalue weighted by molar-refractivity contribution is 6.03. The minimum atomic E-state index is -0.479. The van der Waals surface area contributed by atoms with Crippen LogP contribution in [0.15, 0.2) is 40.7 Å². The summed E-state index contributed by atoms with van der Waals surface area (Å²) in [5, 5.41) is 3.32. The van der Waals surface area contributed by atoms with Crippen molar-refractivity contribution in [2.45, 2.75) is 65.2 Å². The largest absolute Gasteiger partial charge is 0.493 e. The topological polar surface area (TPSA) is 73.9 Å². The summed E-state index contributed by atoms with van der Waals surface area (Å²) in [5.74, 6) is 0.464. The van der Waals surface area contributed by atoms with Crippen LogP contribution in [0, 0.1) is 0 Å². The molecule has 1 aromatic rings. The fourth-order valence-electron chi connectivity index (χ4n) is 4.17. The molecule has 3 rings (SSSR count). The SMILES string of the molecule is CCCCOC(=O)C1=C(C)NC2=C(C(=O)CCC2)[C@H]1c1ccc(OCCC)c(OC)c1. The van der Waals surface area contributed by atoms with E-state index in [0.29, 0.717) is 42.3 Å². The second kappa shape index (κ2) is 10.5. The number of ketones is 1. The summed E-state index contributed by atoms with van der Waals surface area (Å²) in [6.45, 7) is 6.93. The predicted octanol–water partition coefficient (Wildman–Crippen LogP) is 4.80.